The van der Waals surface area contributed by atoms with Gasteiger partial charge in [0.25, 0.3) is 5.91 Å². The molecule has 1 aromatic carbocycles. The lowest BCUT2D eigenvalue weighted by atomic mass is 10.1. The van der Waals surface area contributed by atoms with E-state index in [1.54, 1.807) is 12.1 Å². The van der Waals surface area contributed by atoms with Crippen molar-refractivity contribution in [3.05, 3.63) is 22.7 Å². The third-order valence-electron chi connectivity index (χ3n) is 2.66. The van der Waals surface area contributed by atoms with Crippen LogP contribution in [0.5, 0.6) is 11.5 Å². The average Bonchev–Trinajstić information content (AvgIpc) is 2.51. The Bertz CT molecular complexity index is 448. The first-order valence-electron chi connectivity index (χ1n) is 6.09. The maximum absolute atomic E-state index is 12.0. The third-order valence-corrected chi connectivity index (χ3v) is 2.88. The monoisotopic (exact) mass is 269 g/mol. The molecule has 0 saturated heterocycles. The Balaban J connectivity index is 2.32. The van der Waals surface area contributed by atoms with Crippen molar-refractivity contribution in [3.8, 4) is 11.5 Å². The maximum atomic E-state index is 12.0. The predicted molar refractivity (Wildman–Crippen MR) is 69.7 cm³/mol. The molecule has 0 aliphatic carbocycles. The fourth-order valence-corrected chi connectivity index (χ4v) is 1.95. The van der Waals surface area contributed by atoms with E-state index < -0.39 is 0 Å². The number of benzene rings is 1. The van der Waals surface area contributed by atoms with Gasteiger partial charge in [0, 0.05) is 5.02 Å². The van der Waals surface area contributed by atoms with E-state index in [-0.39, 0.29) is 5.91 Å². The highest BCUT2D eigenvalue weighted by Gasteiger charge is 2.22. The molecule has 1 aromatic rings. The van der Waals surface area contributed by atoms with Crippen LogP contribution < -0.4 is 14.8 Å². The highest BCUT2D eigenvalue weighted by Crippen LogP contribution is 2.33. The molecule has 0 fully saturated rings. The van der Waals surface area contributed by atoms with Gasteiger partial charge in [0.1, 0.15) is 23.7 Å². The molecule has 0 atom stereocenters. The Morgan fingerprint density at radius 2 is 2.33 bits per heavy atom. The number of rotatable bonds is 4. The average molecular weight is 270 g/mol. The number of unbranched alkanes of at least 4 members (excludes halogenated alkanes) is 1. The van der Waals surface area contributed by atoms with E-state index in [0.717, 1.165) is 12.8 Å². The molecule has 0 spiro atoms. The minimum Gasteiger partial charge on any atom is -0.493 e. The maximum Gasteiger partial charge on any atom is 0.258 e. The second kappa shape index (κ2) is 5.96. The molecule has 0 radical (unpaired) electrons. The summed E-state index contributed by atoms with van der Waals surface area (Å²) < 4.78 is 11.1. The Labute approximate surface area is 111 Å². The van der Waals surface area contributed by atoms with E-state index in [1.807, 2.05) is 0 Å². The Hall–Kier alpha value is -1.42. The van der Waals surface area contributed by atoms with Crippen molar-refractivity contribution < 1.29 is 14.3 Å². The highest BCUT2D eigenvalue weighted by molar-refractivity contribution is 6.31. The van der Waals surface area contributed by atoms with Crippen molar-refractivity contribution in [2.45, 2.75) is 19.8 Å². The van der Waals surface area contributed by atoms with Crippen LogP contribution in [-0.4, -0.2) is 25.7 Å². The smallest absolute Gasteiger partial charge is 0.258 e. The molecule has 1 N–H and O–H groups in total. The first-order valence-corrected chi connectivity index (χ1v) is 6.47. The van der Waals surface area contributed by atoms with Gasteiger partial charge in [0.2, 0.25) is 0 Å². The van der Waals surface area contributed by atoms with Crippen molar-refractivity contribution in [1.82, 2.24) is 5.32 Å². The number of carbonyl (C=O) groups is 1. The van der Waals surface area contributed by atoms with Gasteiger partial charge in [-0.1, -0.05) is 24.9 Å². The van der Waals surface area contributed by atoms with Gasteiger partial charge in [0.15, 0.2) is 0 Å². The van der Waals surface area contributed by atoms with Gasteiger partial charge in [-0.25, -0.2) is 0 Å². The van der Waals surface area contributed by atoms with Crippen LogP contribution in [-0.2, 0) is 0 Å². The molecule has 98 valence electrons. The molecule has 0 saturated carbocycles. The summed E-state index contributed by atoms with van der Waals surface area (Å²) in [7, 11) is 0. The second-order valence-corrected chi connectivity index (χ2v) is 4.52. The summed E-state index contributed by atoms with van der Waals surface area (Å²) in [6.07, 6.45) is 1.97. The lowest BCUT2D eigenvalue weighted by molar-refractivity contribution is 0.0953. The van der Waals surface area contributed by atoms with Crippen LogP contribution in [0, 0.1) is 0 Å². The van der Waals surface area contributed by atoms with Gasteiger partial charge in [0.05, 0.1) is 13.2 Å². The zero-order valence-corrected chi connectivity index (χ0v) is 11.0. The van der Waals surface area contributed by atoms with Gasteiger partial charge in [-0.3, -0.25) is 4.79 Å². The number of hydrogen-bond acceptors (Lipinski definition) is 3. The SMILES string of the molecule is CCCCOc1cc(Cl)cc2c1C(=O)NCCO2. The molecular formula is C13H16ClNO3. The molecule has 0 unspecified atom stereocenters. The molecule has 0 bridgehead atoms. The van der Waals surface area contributed by atoms with Crippen LogP contribution in [0.1, 0.15) is 30.1 Å². The number of fused-ring (bicyclic) bond motifs is 1. The van der Waals surface area contributed by atoms with E-state index in [2.05, 4.69) is 12.2 Å². The van der Waals surface area contributed by atoms with Gasteiger partial charge in [-0.2, -0.15) is 0 Å². The van der Waals surface area contributed by atoms with E-state index in [0.29, 0.717) is 41.8 Å². The van der Waals surface area contributed by atoms with Gasteiger partial charge >= 0.3 is 0 Å². The lowest BCUT2D eigenvalue weighted by Gasteiger charge is -2.13. The highest BCUT2D eigenvalue weighted by atomic mass is 35.5. The zero-order chi connectivity index (χ0) is 13.0. The van der Waals surface area contributed by atoms with E-state index in [4.69, 9.17) is 21.1 Å². The lowest BCUT2D eigenvalue weighted by Crippen LogP contribution is -2.24. The molecule has 1 heterocycles. The van der Waals surface area contributed by atoms with Crippen molar-refractivity contribution in [2.24, 2.45) is 0 Å². The second-order valence-electron chi connectivity index (χ2n) is 4.08. The molecule has 5 heteroatoms. The summed E-state index contributed by atoms with van der Waals surface area (Å²) >= 11 is 6.00. The van der Waals surface area contributed by atoms with E-state index in [9.17, 15) is 4.79 Å². The summed E-state index contributed by atoms with van der Waals surface area (Å²) in [6.45, 7) is 3.57. The number of ether oxygens (including phenoxy) is 2. The van der Waals surface area contributed by atoms with Crippen LogP contribution in [0.4, 0.5) is 0 Å². The summed E-state index contributed by atoms with van der Waals surface area (Å²) in [5, 5.41) is 3.27. The quantitative estimate of drug-likeness (QED) is 0.855. The molecule has 1 amide bonds. The molecule has 1 aliphatic rings. The Morgan fingerprint density at radius 3 is 3.11 bits per heavy atom. The molecule has 2 rings (SSSR count). The van der Waals surface area contributed by atoms with Gasteiger partial charge in [-0.05, 0) is 18.6 Å². The van der Waals surface area contributed by atoms with Crippen LogP contribution in [0.15, 0.2) is 12.1 Å². The molecule has 1 aliphatic heterocycles. The summed E-state index contributed by atoms with van der Waals surface area (Å²) in [5.41, 5.74) is 0.438. The standard InChI is InChI=1S/C13H16ClNO3/c1-2-3-5-17-10-7-9(14)8-11-12(10)13(16)15-4-6-18-11/h7-8H,2-6H2,1H3,(H,15,16). The van der Waals surface area contributed by atoms with Crippen LogP contribution >= 0.6 is 11.6 Å². The van der Waals surface area contributed by atoms with Crippen molar-refractivity contribution in [3.63, 3.8) is 0 Å². The number of nitrogens with one attached hydrogen (secondary N) is 1. The first-order chi connectivity index (χ1) is 8.72. The summed E-state index contributed by atoms with van der Waals surface area (Å²) in [4.78, 5) is 12.0. The largest absolute Gasteiger partial charge is 0.493 e. The molecule has 18 heavy (non-hydrogen) atoms. The van der Waals surface area contributed by atoms with Crippen molar-refractivity contribution >= 4 is 17.5 Å². The van der Waals surface area contributed by atoms with Gasteiger partial charge in [-0.15, -0.1) is 0 Å². The number of halogens is 1. The minimum absolute atomic E-state index is 0.175. The zero-order valence-electron chi connectivity index (χ0n) is 10.3. The van der Waals surface area contributed by atoms with Crippen LogP contribution in [0.2, 0.25) is 5.02 Å². The Kier molecular flexibility index (Phi) is 4.31. The fraction of sp³-hybridized carbons (Fsp3) is 0.462. The van der Waals surface area contributed by atoms with E-state index >= 15 is 0 Å². The summed E-state index contributed by atoms with van der Waals surface area (Å²) in [6, 6.07) is 3.30. The normalized spacial score (nSPS) is 14.2. The Morgan fingerprint density at radius 1 is 1.50 bits per heavy atom. The van der Waals surface area contributed by atoms with Crippen LogP contribution in [0.3, 0.4) is 0 Å². The summed E-state index contributed by atoms with van der Waals surface area (Å²) in [5.74, 6) is 0.806. The van der Waals surface area contributed by atoms with Crippen molar-refractivity contribution in [2.75, 3.05) is 19.8 Å². The molecular weight excluding hydrogens is 254 g/mol. The third kappa shape index (κ3) is 2.88. The topological polar surface area (TPSA) is 47.6 Å². The fourth-order valence-electron chi connectivity index (χ4n) is 1.75. The number of hydrogen-bond donors (Lipinski definition) is 1. The number of carbonyl (C=O) groups excluding carboxylic acids is 1. The molecule has 0 aromatic heterocycles. The van der Waals surface area contributed by atoms with Gasteiger partial charge < -0.3 is 14.8 Å². The van der Waals surface area contributed by atoms with Crippen molar-refractivity contribution in [1.29, 1.82) is 0 Å². The first kappa shape index (κ1) is 13.0. The van der Waals surface area contributed by atoms with E-state index in [1.165, 1.54) is 0 Å². The van der Waals surface area contributed by atoms with Crippen LogP contribution in [0.25, 0.3) is 0 Å². The number of amides is 1. The minimum atomic E-state index is -0.175. The predicted octanol–water partition coefficient (Wildman–Crippen LogP) is 2.64. The molecule has 4 nitrogen and oxygen atoms in total.